The molecule has 0 aliphatic carbocycles. The lowest BCUT2D eigenvalue weighted by Gasteiger charge is -2.32. The molecule has 20 heavy (non-hydrogen) atoms. The number of hydrogen-bond donors (Lipinski definition) is 1. The molecule has 0 spiro atoms. The first-order valence-corrected chi connectivity index (χ1v) is 6.20. The van der Waals surface area contributed by atoms with E-state index in [2.05, 4.69) is 0 Å². The zero-order valence-corrected chi connectivity index (χ0v) is 11.7. The predicted octanol–water partition coefficient (Wildman–Crippen LogP) is 2.71. The van der Waals surface area contributed by atoms with E-state index in [1.165, 1.54) is 12.1 Å². The molecule has 2 rings (SSSR count). The topological polar surface area (TPSA) is 38.7 Å². The van der Waals surface area contributed by atoms with Crippen LogP contribution in [0.5, 0.6) is 5.75 Å². The summed E-state index contributed by atoms with van der Waals surface area (Å²) < 4.78 is 50.4. The van der Waals surface area contributed by atoms with Crippen molar-refractivity contribution in [3.8, 4) is 5.75 Å². The normalized spacial score (nSPS) is 21.2. The number of hydrogen-bond acceptors (Lipinski definition) is 3. The molecule has 3 nitrogen and oxygen atoms in total. The second-order valence-electron chi connectivity index (χ2n) is 5.83. The van der Waals surface area contributed by atoms with Gasteiger partial charge < -0.3 is 14.4 Å². The molecule has 1 fully saturated rings. The first-order chi connectivity index (χ1) is 8.96. The fourth-order valence-electron chi connectivity index (χ4n) is 2.03. The van der Waals surface area contributed by atoms with Crippen LogP contribution in [0.2, 0.25) is 0 Å². The Hall–Kier alpha value is -1.21. The maximum absolute atomic E-state index is 13.1. The molecule has 1 aliphatic rings. The molecule has 1 aromatic carbocycles. The van der Waals surface area contributed by atoms with Crippen LogP contribution in [0.15, 0.2) is 18.2 Å². The molecule has 0 bridgehead atoms. The zero-order chi connectivity index (χ0) is 15.3. The van der Waals surface area contributed by atoms with E-state index < -0.39 is 35.8 Å². The summed E-state index contributed by atoms with van der Waals surface area (Å²) in [4.78, 5) is 0. The fourth-order valence-corrected chi connectivity index (χ4v) is 2.03. The average molecular weight is 288 g/mol. The monoisotopic (exact) mass is 288 g/mol. The number of rotatable bonds is 1. The van der Waals surface area contributed by atoms with Gasteiger partial charge >= 0.3 is 13.3 Å². The van der Waals surface area contributed by atoms with Gasteiger partial charge in [-0.3, -0.25) is 0 Å². The van der Waals surface area contributed by atoms with Gasteiger partial charge in [-0.15, -0.1) is 0 Å². The van der Waals surface area contributed by atoms with Crippen LogP contribution in [0.3, 0.4) is 0 Å². The van der Waals surface area contributed by atoms with Crippen molar-refractivity contribution in [3.63, 3.8) is 0 Å². The Morgan fingerprint density at radius 1 is 1.05 bits per heavy atom. The van der Waals surface area contributed by atoms with Gasteiger partial charge in [-0.2, -0.15) is 13.2 Å². The second-order valence-corrected chi connectivity index (χ2v) is 5.83. The van der Waals surface area contributed by atoms with Crippen LogP contribution >= 0.6 is 0 Å². The Balaban J connectivity index is 2.49. The van der Waals surface area contributed by atoms with Gasteiger partial charge in [0, 0.05) is 0 Å². The van der Waals surface area contributed by atoms with Gasteiger partial charge in [0.1, 0.15) is 5.75 Å². The summed E-state index contributed by atoms with van der Waals surface area (Å²) in [6.45, 7) is 7.01. The zero-order valence-electron chi connectivity index (χ0n) is 11.7. The van der Waals surface area contributed by atoms with Crippen molar-refractivity contribution in [1.82, 2.24) is 0 Å². The summed E-state index contributed by atoms with van der Waals surface area (Å²) in [5, 5.41) is 9.52. The van der Waals surface area contributed by atoms with Gasteiger partial charge in [0.2, 0.25) is 0 Å². The second kappa shape index (κ2) is 4.39. The highest BCUT2D eigenvalue weighted by molar-refractivity contribution is 6.62. The number of phenolic OH excluding ortho intramolecular Hbond substituents is 1. The fraction of sp³-hybridized carbons (Fsp3) is 0.538. The quantitative estimate of drug-likeness (QED) is 0.807. The Kier molecular flexibility index (Phi) is 3.34. The number of halogens is 3. The molecule has 0 amide bonds. The molecule has 0 unspecified atom stereocenters. The smallest absolute Gasteiger partial charge is 0.495 e. The van der Waals surface area contributed by atoms with E-state index in [4.69, 9.17) is 9.31 Å². The van der Waals surface area contributed by atoms with Crippen LogP contribution in [-0.4, -0.2) is 23.4 Å². The molecule has 110 valence electrons. The first-order valence-electron chi connectivity index (χ1n) is 6.20. The van der Waals surface area contributed by atoms with Crippen molar-refractivity contribution in [2.45, 2.75) is 45.1 Å². The van der Waals surface area contributed by atoms with Gasteiger partial charge in [0.25, 0.3) is 0 Å². The summed E-state index contributed by atoms with van der Waals surface area (Å²) in [6.07, 6.45) is -4.68. The highest BCUT2D eigenvalue weighted by atomic mass is 19.4. The maximum atomic E-state index is 13.1. The van der Waals surface area contributed by atoms with Crippen molar-refractivity contribution >= 4 is 12.6 Å². The third-order valence-electron chi connectivity index (χ3n) is 3.87. The number of benzene rings is 1. The van der Waals surface area contributed by atoms with Crippen LogP contribution in [0.25, 0.3) is 0 Å². The van der Waals surface area contributed by atoms with E-state index in [1.54, 1.807) is 27.7 Å². The highest BCUT2D eigenvalue weighted by Gasteiger charge is 2.54. The highest BCUT2D eigenvalue weighted by Crippen LogP contribution is 2.39. The summed E-state index contributed by atoms with van der Waals surface area (Å²) in [6, 6.07) is 3.59. The molecule has 0 saturated carbocycles. The summed E-state index contributed by atoms with van der Waals surface area (Å²) in [7, 11) is -1.16. The Morgan fingerprint density at radius 3 is 2.00 bits per heavy atom. The van der Waals surface area contributed by atoms with Gasteiger partial charge in [-0.25, -0.2) is 0 Å². The Labute approximate surface area is 115 Å². The Bertz CT molecular complexity index is 510. The lowest BCUT2D eigenvalue weighted by Crippen LogP contribution is -2.41. The number of phenols is 1. The Morgan fingerprint density at radius 2 is 1.55 bits per heavy atom. The van der Waals surface area contributed by atoms with Gasteiger partial charge in [0.05, 0.1) is 16.8 Å². The molecule has 1 N–H and O–H groups in total. The molecule has 0 aromatic heterocycles. The number of aromatic hydroxyl groups is 1. The van der Waals surface area contributed by atoms with Crippen LogP contribution in [-0.2, 0) is 15.5 Å². The van der Waals surface area contributed by atoms with Gasteiger partial charge in [-0.05, 0) is 39.2 Å². The van der Waals surface area contributed by atoms with E-state index in [0.717, 1.165) is 6.07 Å². The van der Waals surface area contributed by atoms with E-state index >= 15 is 0 Å². The van der Waals surface area contributed by atoms with Gasteiger partial charge in [0.15, 0.2) is 0 Å². The number of alkyl halides is 3. The molecule has 1 aliphatic heterocycles. The van der Waals surface area contributed by atoms with Crippen LogP contribution in [0, 0.1) is 0 Å². The molecule has 7 heteroatoms. The van der Waals surface area contributed by atoms with E-state index in [1.807, 2.05) is 0 Å². The minimum Gasteiger partial charge on any atom is -0.507 e. The molecular weight excluding hydrogens is 272 g/mol. The van der Waals surface area contributed by atoms with Crippen LogP contribution in [0.1, 0.15) is 33.3 Å². The standard InChI is InChI=1S/C13H16BF3O3/c1-11(2)12(3,4)20-14(19-11)8-6-5-7-9(18)10(8)13(15,16)17/h5-7,18H,1-4H3. The SMILES string of the molecule is CC1(C)OB(c2cccc(O)c2C(F)(F)F)OC1(C)C. The van der Waals surface area contributed by atoms with Crippen LogP contribution in [0.4, 0.5) is 13.2 Å². The van der Waals surface area contributed by atoms with E-state index in [-0.39, 0.29) is 5.46 Å². The lowest BCUT2D eigenvalue weighted by atomic mass is 9.75. The van der Waals surface area contributed by atoms with E-state index in [0.29, 0.717) is 0 Å². The predicted molar refractivity (Wildman–Crippen MR) is 68.8 cm³/mol. The van der Waals surface area contributed by atoms with Crippen LogP contribution < -0.4 is 5.46 Å². The molecular formula is C13H16BF3O3. The van der Waals surface area contributed by atoms with Crippen molar-refractivity contribution in [2.75, 3.05) is 0 Å². The van der Waals surface area contributed by atoms with E-state index in [9.17, 15) is 18.3 Å². The first kappa shape index (κ1) is 15.2. The minimum absolute atomic E-state index is 0.212. The third kappa shape index (κ3) is 2.40. The molecule has 1 heterocycles. The van der Waals surface area contributed by atoms with Crippen molar-refractivity contribution < 1.29 is 27.6 Å². The molecule has 0 radical (unpaired) electrons. The average Bonchev–Trinajstić information content (AvgIpc) is 2.46. The molecule has 1 saturated heterocycles. The third-order valence-corrected chi connectivity index (χ3v) is 3.87. The van der Waals surface area contributed by atoms with Crippen molar-refractivity contribution in [2.24, 2.45) is 0 Å². The lowest BCUT2D eigenvalue weighted by molar-refractivity contribution is -0.138. The summed E-state index contributed by atoms with van der Waals surface area (Å²) in [5.41, 5.74) is -2.81. The molecule has 0 atom stereocenters. The molecule has 1 aromatic rings. The minimum atomic E-state index is -4.68. The summed E-state index contributed by atoms with van der Waals surface area (Å²) in [5.74, 6) is -0.829. The largest absolute Gasteiger partial charge is 0.507 e. The summed E-state index contributed by atoms with van der Waals surface area (Å²) >= 11 is 0. The van der Waals surface area contributed by atoms with Crippen molar-refractivity contribution in [3.05, 3.63) is 23.8 Å². The van der Waals surface area contributed by atoms with Gasteiger partial charge in [-0.1, -0.05) is 12.1 Å². The maximum Gasteiger partial charge on any atom is 0.495 e. The van der Waals surface area contributed by atoms with Crippen molar-refractivity contribution in [1.29, 1.82) is 0 Å².